The summed E-state index contributed by atoms with van der Waals surface area (Å²) in [7, 11) is 0. The van der Waals surface area contributed by atoms with Crippen LogP contribution in [0.5, 0.6) is 0 Å². The zero-order valence-electron chi connectivity index (χ0n) is 11.0. The van der Waals surface area contributed by atoms with Gasteiger partial charge >= 0.3 is 0 Å². The van der Waals surface area contributed by atoms with Gasteiger partial charge in [-0.2, -0.15) is 0 Å². The Labute approximate surface area is 120 Å². The molecule has 2 N–H and O–H groups in total. The molecule has 0 saturated heterocycles. The van der Waals surface area contributed by atoms with Gasteiger partial charge in [0.15, 0.2) is 0 Å². The van der Waals surface area contributed by atoms with Crippen LogP contribution in [0.4, 0.5) is 4.39 Å². The standard InChI is InChI=1S/C14H15FN2O2S/c1-9(7-18)6-16-13(19)12-8-20-14(17-12)10-2-4-11(15)5-3-10/h2-5,8-9,18H,6-7H2,1H3,(H,16,19). The summed E-state index contributed by atoms with van der Waals surface area (Å²) in [6.45, 7) is 2.27. The maximum atomic E-state index is 12.8. The first-order chi connectivity index (χ1) is 9.60. The minimum Gasteiger partial charge on any atom is -0.396 e. The Balaban J connectivity index is 2.05. The number of benzene rings is 1. The predicted octanol–water partition coefficient (Wildman–Crippen LogP) is 2.31. The summed E-state index contributed by atoms with van der Waals surface area (Å²) in [4.78, 5) is 16.1. The van der Waals surface area contributed by atoms with Crippen LogP contribution in [0.3, 0.4) is 0 Å². The second-order valence-corrected chi connectivity index (χ2v) is 5.40. The summed E-state index contributed by atoms with van der Waals surface area (Å²) in [5.41, 5.74) is 1.11. The summed E-state index contributed by atoms with van der Waals surface area (Å²) in [5, 5.41) is 13.9. The van der Waals surface area contributed by atoms with Gasteiger partial charge < -0.3 is 10.4 Å². The summed E-state index contributed by atoms with van der Waals surface area (Å²) in [6, 6.07) is 5.98. The van der Waals surface area contributed by atoms with Crippen molar-refractivity contribution >= 4 is 17.2 Å². The van der Waals surface area contributed by atoms with Gasteiger partial charge in [0, 0.05) is 24.1 Å². The lowest BCUT2D eigenvalue weighted by molar-refractivity contribution is 0.0938. The number of carbonyl (C=O) groups excluding carboxylic acids is 1. The van der Waals surface area contributed by atoms with Crippen molar-refractivity contribution in [2.75, 3.05) is 13.2 Å². The van der Waals surface area contributed by atoms with E-state index in [2.05, 4.69) is 10.3 Å². The number of aromatic nitrogens is 1. The van der Waals surface area contributed by atoms with Crippen molar-refractivity contribution in [1.29, 1.82) is 0 Å². The van der Waals surface area contributed by atoms with Gasteiger partial charge in [0.2, 0.25) is 0 Å². The van der Waals surface area contributed by atoms with E-state index >= 15 is 0 Å². The number of nitrogens with one attached hydrogen (secondary N) is 1. The largest absolute Gasteiger partial charge is 0.396 e. The lowest BCUT2D eigenvalue weighted by Crippen LogP contribution is -2.29. The number of hydrogen-bond acceptors (Lipinski definition) is 4. The monoisotopic (exact) mass is 294 g/mol. The normalized spacial score (nSPS) is 12.2. The highest BCUT2D eigenvalue weighted by atomic mass is 32.1. The summed E-state index contributed by atoms with van der Waals surface area (Å²) in [5.74, 6) is -0.565. The Morgan fingerprint density at radius 2 is 2.15 bits per heavy atom. The van der Waals surface area contributed by atoms with E-state index in [9.17, 15) is 9.18 Å². The van der Waals surface area contributed by atoms with E-state index in [1.807, 2.05) is 6.92 Å². The molecule has 1 amide bonds. The first-order valence-corrected chi connectivity index (χ1v) is 7.08. The van der Waals surface area contributed by atoms with Crippen LogP contribution < -0.4 is 5.32 Å². The summed E-state index contributed by atoms with van der Waals surface area (Å²) >= 11 is 1.33. The van der Waals surface area contributed by atoms with Crippen LogP contribution in [-0.4, -0.2) is 29.1 Å². The molecule has 1 heterocycles. The zero-order chi connectivity index (χ0) is 14.5. The highest BCUT2D eigenvalue weighted by Crippen LogP contribution is 2.23. The lowest BCUT2D eigenvalue weighted by Gasteiger charge is -2.07. The molecule has 2 aromatic rings. The first-order valence-electron chi connectivity index (χ1n) is 6.20. The maximum Gasteiger partial charge on any atom is 0.270 e. The molecule has 0 radical (unpaired) electrons. The minimum atomic E-state index is -0.304. The topological polar surface area (TPSA) is 62.2 Å². The molecule has 20 heavy (non-hydrogen) atoms. The fourth-order valence-electron chi connectivity index (χ4n) is 1.53. The molecule has 1 atom stereocenters. The number of thiazole rings is 1. The Morgan fingerprint density at radius 1 is 1.45 bits per heavy atom. The van der Waals surface area contributed by atoms with Crippen molar-refractivity contribution < 1.29 is 14.3 Å². The van der Waals surface area contributed by atoms with Crippen LogP contribution in [0.2, 0.25) is 0 Å². The number of carbonyl (C=O) groups is 1. The molecule has 0 aliphatic rings. The van der Waals surface area contributed by atoms with Crippen LogP contribution in [0.15, 0.2) is 29.6 Å². The average Bonchev–Trinajstić information content (AvgIpc) is 2.95. The van der Waals surface area contributed by atoms with E-state index in [0.717, 1.165) is 5.56 Å². The Hall–Kier alpha value is -1.79. The van der Waals surface area contributed by atoms with Crippen molar-refractivity contribution in [2.24, 2.45) is 5.92 Å². The average molecular weight is 294 g/mol. The number of amides is 1. The second-order valence-electron chi connectivity index (χ2n) is 4.54. The summed E-state index contributed by atoms with van der Waals surface area (Å²) < 4.78 is 12.8. The first kappa shape index (κ1) is 14.6. The van der Waals surface area contributed by atoms with Gasteiger partial charge in [-0.15, -0.1) is 11.3 Å². The predicted molar refractivity (Wildman–Crippen MR) is 76.1 cm³/mol. The molecule has 6 heteroatoms. The lowest BCUT2D eigenvalue weighted by atomic mass is 10.2. The highest BCUT2D eigenvalue weighted by molar-refractivity contribution is 7.13. The van der Waals surface area contributed by atoms with E-state index in [1.54, 1.807) is 17.5 Å². The molecule has 0 bridgehead atoms. The Morgan fingerprint density at radius 3 is 2.80 bits per heavy atom. The molecule has 0 spiro atoms. The van der Waals surface area contributed by atoms with E-state index < -0.39 is 0 Å². The quantitative estimate of drug-likeness (QED) is 0.889. The SMILES string of the molecule is CC(CO)CNC(=O)c1csc(-c2ccc(F)cc2)n1. The molecule has 2 rings (SSSR count). The maximum absolute atomic E-state index is 12.8. The number of rotatable bonds is 5. The highest BCUT2D eigenvalue weighted by Gasteiger charge is 2.12. The molecular weight excluding hydrogens is 279 g/mol. The number of nitrogens with zero attached hydrogens (tertiary/aromatic N) is 1. The molecule has 0 aliphatic heterocycles. The van der Waals surface area contributed by atoms with Crippen LogP contribution in [-0.2, 0) is 0 Å². The molecular formula is C14H15FN2O2S. The number of aliphatic hydroxyl groups is 1. The molecule has 106 valence electrons. The van der Waals surface area contributed by atoms with Gasteiger partial charge in [0.1, 0.15) is 16.5 Å². The fourth-order valence-corrected chi connectivity index (χ4v) is 2.33. The molecule has 4 nitrogen and oxygen atoms in total. The van der Waals surface area contributed by atoms with Crippen molar-refractivity contribution in [3.8, 4) is 10.6 Å². The van der Waals surface area contributed by atoms with Gasteiger partial charge in [0.25, 0.3) is 5.91 Å². The van der Waals surface area contributed by atoms with Gasteiger partial charge in [-0.1, -0.05) is 6.92 Å². The minimum absolute atomic E-state index is 0.00848. The third kappa shape index (κ3) is 3.61. The summed E-state index contributed by atoms with van der Waals surface area (Å²) in [6.07, 6.45) is 0. The Bertz CT molecular complexity index is 583. The van der Waals surface area contributed by atoms with Gasteiger partial charge in [-0.25, -0.2) is 9.37 Å². The van der Waals surface area contributed by atoms with Crippen molar-refractivity contribution in [3.63, 3.8) is 0 Å². The number of halogens is 1. The molecule has 0 aliphatic carbocycles. The molecule has 1 aromatic carbocycles. The van der Waals surface area contributed by atoms with Crippen molar-refractivity contribution in [2.45, 2.75) is 6.92 Å². The fraction of sp³-hybridized carbons (Fsp3) is 0.286. The van der Waals surface area contributed by atoms with Crippen molar-refractivity contribution in [3.05, 3.63) is 41.2 Å². The molecule has 0 saturated carbocycles. The number of aliphatic hydroxyl groups excluding tert-OH is 1. The van der Waals surface area contributed by atoms with Crippen LogP contribution in [0, 0.1) is 11.7 Å². The Kier molecular flexibility index (Phi) is 4.81. The van der Waals surface area contributed by atoms with Crippen LogP contribution in [0.25, 0.3) is 10.6 Å². The zero-order valence-corrected chi connectivity index (χ0v) is 11.8. The second kappa shape index (κ2) is 6.58. The van der Waals surface area contributed by atoms with Crippen molar-refractivity contribution in [1.82, 2.24) is 10.3 Å². The van der Waals surface area contributed by atoms with E-state index in [0.29, 0.717) is 17.2 Å². The van der Waals surface area contributed by atoms with Crippen LogP contribution in [0.1, 0.15) is 17.4 Å². The van der Waals surface area contributed by atoms with E-state index in [4.69, 9.17) is 5.11 Å². The van der Waals surface area contributed by atoms with E-state index in [1.165, 1.54) is 23.5 Å². The van der Waals surface area contributed by atoms with Gasteiger partial charge in [-0.3, -0.25) is 4.79 Å². The van der Waals surface area contributed by atoms with Crippen LogP contribution >= 0.6 is 11.3 Å². The van der Waals surface area contributed by atoms with Gasteiger partial charge in [0.05, 0.1) is 0 Å². The smallest absolute Gasteiger partial charge is 0.270 e. The molecule has 1 unspecified atom stereocenters. The number of hydrogen-bond donors (Lipinski definition) is 2. The third-order valence-corrected chi connectivity index (χ3v) is 3.64. The molecule has 1 aromatic heterocycles. The van der Waals surface area contributed by atoms with E-state index in [-0.39, 0.29) is 24.2 Å². The molecule has 0 fully saturated rings. The van der Waals surface area contributed by atoms with Gasteiger partial charge in [-0.05, 0) is 30.2 Å². The third-order valence-electron chi connectivity index (χ3n) is 2.75.